The summed E-state index contributed by atoms with van der Waals surface area (Å²) >= 11 is 0. The third-order valence-corrected chi connectivity index (χ3v) is 5.12. The number of morpholine rings is 1. The Bertz CT molecular complexity index is 972. The number of rotatable bonds is 5. The van der Waals surface area contributed by atoms with Gasteiger partial charge in [-0.1, -0.05) is 35.9 Å². The number of ether oxygens (including phenoxy) is 1. The zero-order chi connectivity index (χ0) is 19.5. The fourth-order valence-electron chi connectivity index (χ4n) is 3.52. The van der Waals surface area contributed by atoms with Gasteiger partial charge in [0, 0.05) is 37.9 Å². The first-order chi connectivity index (χ1) is 13.6. The van der Waals surface area contributed by atoms with Crippen LogP contribution in [0.15, 0.2) is 42.6 Å². The van der Waals surface area contributed by atoms with Crippen molar-refractivity contribution in [3.63, 3.8) is 0 Å². The van der Waals surface area contributed by atoms with Crippen LogP contribution in [0.2, 0.25) is 0 Å². The van der Waals surface area contributed by atoms with Crippen LogP contribution in [0.3, 0.4) is 0 Å². The minimum absolute atomic E-state index is 0.0954. The molecule has 6 nitrogen and oxygen atoms in total. The molecule has 1 fully saturated rings. The highest BCUT2D eigenvalue weighted by molar-refractivity contribution is 5.99. The molecule has 1 N–H and O–H groups in total. The number of aryl methyl sites for hydroxylation is 2. The molecule has 3 heterocycles. The second-order valence-electron chi connectivity index (χ2n) is 7.32. The van der Waals surface area contributed by atoms with Gasteiger partial charge in [-0.25, -0.2) is 4.98 Å². The van der Waals surface area contributed by atoms with Crippen molar-refractivity contribution in [2.24, 2.45) is 0 Å². The fourth-order valence-corrected chi connectivity index (χ4v) is 3.52. The largest absolute Gasteiger partial charge is 0.379 e. The monoisotopic (exact) mass is 378 g/mol. The van der Waals surface area contributed by atoms with Crippen molar-refractivity contribution in [2.75, 3.05) is 39.4 Å². The number of amides is 1. The Morgan fingerprint density at radius 1 is 1.07 bits per heavy atom. The van der Waals surface area contributed by atoms with Gasteiger partial charge in [-0.3, -0.25) is 14.1 Å². The maximum absolute atomic E-state index is 13.1. The lowest BCUT2D eigenvalue weighted by Crippen LogP contribution is -2.41. The standard InChI is InChI=1S/C22H26N4O2/c1-16-3-6-18(7-4-16)20-21(26-15-17(2)5-8-19(26)24-20)22(27)23-9-10-25-11-13-28-14-12-25/h3-8,15H,9-14H2,1-2H3,(H,23,27). The predicted octanol–water partition coefficient (Wildman–Crippen LogP) is 2.68. The first-order valence-corrected chi connectivity index (χ1v) is 9.76. The van der Waals surface area contributed by atoms with Gasteiger partial charge in [0.1, 0.15) is 17.0 Å². The van der Waals surface area contributed by atoms with E-state index >= 15 is 0 Å². The quantitative estimate of drug-likeness (QED) is 0.742. The van der Waals surface area contributed by atoms with Gasteiger partial charge in [0.15, 0.2) is 0 Å². The molecule has 1 aliphatic rings. The van der Waals surface area contributed by atoms with Gasteiger partial charge in [0.25, 0.3) is 5.91 Å². The van der Waals surface area contributed by atoms with Crippen LogP contribution in [0.25, 0.3) is 16.9 Å². The molecule has 0 saturated carbocycles. The highest BCUT2D eigenvalue weighted by atomic mass is 16.5. The number of hydrogen-bond donors (Lipinski definition) is 1. The van der Waals surface area contributed by atoms with Crippen molar-refractivity contribution < 1.29 is 9.53 Å². The minimum atomic E-state index is -0.0954. The van der Waals surface area contributed by atoms with Crippen molar-refractivity contribution in [3.05, 3.63) is 59.4 Å². The van der Waals surface area contributed by atoms with Crippen LogP contribution in [0.4, 0.5) is 0 Å². The van der Waals surface area contributed by atoms with E-state index < -0.39 is 0 Å². The second kappa shape index (κ2) is 8.12. The Balaban J connectivity index is 1.61. The van der Waals surface area contributed by atoms with E-state index in [1.807, 2.05) is 53.9 Å². The number of nitrogens with one attached hydrogen (secondary N) is 1. The number of aromatic nitrogens is 2. The van der Waals surface area contributed by atoms with Gasteiger partial charge >= 0.3 is 0 Å². The Kier molecular flexibility index (Phi) is 5.41. The molecule has 0 unspecified atom stereocenters. The van der Waals surface area contributed by atoms with Crippen molar-refractivity contribution in [1.82, 2.24) is 19.6 Å². The SMILES string of the molecule is Cc1ccc(-c2nc3ccc(C)cn3c2C(=O)NCCN2CCOCC2)cc1. The topological polar surface area (TPSA) is 58.9 Å². The first kappa shape index (κ1) is 18.7. The third-order valence-electron chi connectivity index (χ3n) is 5.12. The van der Waals surface area contributed by atoms with Crippen LogP contribution in [0, 0.1) is 13.8 Å². The van der Waals surface area contributed by atoms with Crippen LogP contribution in [-0.2, 0) is 4.74 Å². The van der Waals surface area contributed by atoms with E-state index in [0.29, 0.717) is 12.2 Å². The number of hydrogen-bond acceptors (Lipinski definition) is 4. The van der Waals surface area contributed by atoms with Gasteiger partial charge < -0.3 is 10.1 Å². The number of nitrogens with zero attached hydrogens (tertiary/aromatic N) is 3. The molecule has 6 heteroatoms. The van der Waals surface area contributed by atoms with Crippen LogP contribution in [0.1, 0.15) is 21.6 Å². The molecule has 4 rings (SSSR count). The maximum atomic E-state index is 13.1. The second-order valence-corrected chi connectivity index (χ2v) is 7.32. The maximum Gasteiger partial charge on any atom is 0.270 e. The molecule has 0 aliphatic carbocycles. The number of benzene rings is 1. The molecule has 3 aromatic rings. The van der Waals surface area contributed by atoms with Gasteiger partial charge in [0.2, 0.25) is 0 Å². The van der Waals surface area contributed by atoms with Crippen molar-refractivity contribution in [1.29, 1.82) is 0 Å². The predicted molar refractivity (Wildman–Crippen MR) is 110 cm³/mol. The van der Waals surface area contributed by atoms with Crippen LogP contribution >= 0.6 is 0 Å². The number of imidazole rings is 1. The van der Waals surface area contributed by atoms with Gasteiger partial charge in [-0.2, -0.15) is 0 Å². The molecule has 2 aromatic heterocycles. The van der Waals surface area contributed by atoms with E-state index in [4.69, 9.17) is 9.72 Å². The van der Waals surface area contributed by atoms with Gasteiger partial charge in [0.05, 0.1) is 13.2 Å². The fraction of sp³-hybridized carbons (Fsp3) is 0.364. The molecule has 1 aromatic carbocycles. The Morgan fingerprint density at radius 2 is 1.79 bits per heavy atom. The number of pyridine rings is 1. The van der Waals surface area contributed by atoms with E-state index in [-0.39, 0.29) is 5.91 Å². The lowest BCUT2D eigenvalue weighted by Gasteiger charge is -2.26. The molecule has 0 spiro atoms. The first-order valence-electron chi connectivity index (χ1n) is 9.76. The lowest BCUT2D eigenvalue weighted by molar-refractivity contribution is 0.0383. The summed E-state index contributed by atoms with van der Waals surface area (Å²) in [7, 11) is 0. The normalized spacial score (nSPS) is 15.1. The smallest absolute Gasteiger partial charge is 0.270 e. The molecule has 0 bridgehead atoms. The zero-order valence-corrected chi connectivity index (χ0v) is 16.4. The summed E-state index contributed by atoms with van der Waals surface area (Å²) in [5, 5.41) is 3.08. The lowest BCUT2D eigenvalue weighted by atomic mass is 10.1. The van der Waals surface area contributed by atoms with E-state index in [1.54, 1.807) is 0 Å². The molecule has 146 valence electrons. The van der Waals surface area contributed by atoms with E-state index in [0.717, 1.165) is 55.3 Å². The summed E-state index contributed by atoms with van der Waals surface area (Å²) in [6.07, 6.45) is 1.97. The molecular formula is C22H26N4O2. The molecule has 1 amide bonds. The average molecular weight is 378 g/mol. The number of fused-ring (bicyclic) bond motifs is 1. The molecule has 0 radical (unpaired) electrons. The molecule has 28 heavy (non-hydrogen) atoms. The summed E-state index contributed by atoms with van der Waals surface area (Å²) in [5.74, 6) is -0.0954. The van der Waals surface area contributed by atoms with E-state index in [9.17, 15) is 4.79 Å². The number of carbonyl (C=O) groups excluding carboxylic acids is 1. The zero-order valence-electron chi connectivity index (χ0n) is 16.4. The minimum Gasteiger partial charge on any atom is -0.379 e. The Morgan fingerprint density at radius 3 is 2.54 bits per heavy atom. The summed E-state index contributed by atoms with van der Waals surface area (Å²) in [4.78, 5) is 20.2. The van der Waals surface area contributed by atoms with E-state index in [2.05, 4.69) is 17.1 Å². The molecular weight excluding hydrogens is 352 g/mol. The van der Waals surface area contributed by atoms with Gasteiger partial charge in [-0.05, 0) is 25.5 Å². The van der Waals surface area contributed by atoms with Crippen molar-refractivity contribution >= 4 is 11.6 Å². The third kappa shape index (κ3) is 3.93. The van der Waals surface area contributed by atoms with Crippen molar-refractivity contribution in [2.45, 2.75) is 13.8 Å². The highest BCUT2D eigenvalue weighted by Gasteiger charge is 2.21. The van der Waals surface area contributed by atoms with Crippen LogP contribution in [-0.4, -0.2) is 59.6 Å². The van der Waals surface area contributed by atoms with Crippen LogP contribution in [0.5, 0.6) is 0 Å². The van der Waals surface area contributed by atoms with Crippen LogP contribution < -0.4 is 5.32 Å². The summed E-state index contributed by atoms with van der Waals surface area (Å²) in [6, 6.07) is 12.1. The number of carbonyl (C=O) groups is 1. The van der Waals surface area contributed by atoms with E-state index in [1.165, 1.54) is 5.56 Å². The average Bonchev–Trinajstić information content (AvgIpc) is 3.08. The molecule has 0 atom stereocenters. The van der Waals surface area contributed by atoms with Gasteiger partial charge in [-0.15, -0.1) is 0 Å². The highest BCUT2D eigenvalue weighted by Crippen LogP contribution is 2.25. The Labute approximate surface area is 165 Å². The summed E-state index contributed by atoms with van der Waals surface area (Å²) in [5.41, 5.74) is 5.30. The Hall–Kier alpha value is -2.70. The molecule has 1 aliphatic heterocycles. The summed E-state index contributed by atoms with van der Waals surface area (Å²) < 4.78 is 7.28. The molecule has 1 saturated heterocycles. The van der Waals surface area contributed by atoms with Crippen molar-refractivity contribution in [3.8, 4) is 11.3 Å². The summed E-state index contributed by atoms with van der Waals surface area (Å²) in [6.45, 7) is 8.85.